The van der Waals surface area contributed by atoms with Gasteiger partial charge in [-0.05, 0) is 29.8 Å². The first-order valence-electron chi connectivity index (χ1n) is 11.4. The van der Waals surface area contributed by atoms with Crippen molar-refractivity contribution in [2.75, 3.05) is 23.3 Å². The van der Waals surface area contributed by atoms with Crippen LogP contribution in [0.15, 0.2) is 67.1 Å². The summed E-state index contributed by atoms with van der Waals surface area (Å²) in [5.74, 6) is -0.238. The maximum absolute atomic E-state index is 13.1. The Balaban J connectivity index is 1.17. The maximum Gasteiger partial charge on any atom is 0.227 e. The van der Waals surface area contributed by atoms with Gasteiger partial charge in [0.05, 0.1) is 24.0 Å². The molecule has 2 amide bonds. The van der Waals surface area contributed by atoms with Crippen LogP contribution in [0.3, 0.4) is 0 Å². The zero-order chi connectivity index (χ0) is 24.2. The summed E-state index contributed by atoms with van der Waals surface area (Å²) in [5, 5.41) is 11.3. The Morgan fingerprint density at radius 3 is 2.69 bits per heavy atom. The number of hydrogen-bond donors (Lipinski definition) is 2. The fourth-order valence-electron chi connectivity index (χ4n) is 4.16. The second-order valence-electron chi connectivity index (χ2n) is 8.34. The van der Waals surface area contributed by atoms with Crippen LogP contribution in [0.4, 0.5) is 15.9 Å². The van der Waals surface area contributed by atoms with E-state index in [2.05, 4.69) is 25.7 Å². The summed E-state index contributed by atoms with van der Waals surface area (Å²) in [5.41, 5.74) is 2.37. The van der Waals surface area contributed by atoms with Crippen LogP contribution in [0.1, 0.15) is 12.0 Å². The summed E-state index contributed by atoms with van der Waals surface area (Å²) >= 11 is 0. The highest BCUT2D eigenvalue weighted by molar-refractivity contribution is 6.00. The lowest BCUT2D eigenvalue weighted by Crippen LogP contribution is -2.35. The van der Waals surface area contributed by atoms with Crippen molar-refractivity contribution in [3.63, 3.8) is 0 Å². The van der Waals surface area contributed by atoms with Crippen molar-refractivity contribution >= 4 is 34.4 Å². The molecule has 178 valence electrons. The van der Waals surface area contributed by atoms with Crippen molar-refractivity contribution in [3.05, 3.63) is 78.5 Å². The third kappa shape index (κ3) is 4.96. The van der Waals surface area contributed by atoms with Gasteiger partial charge in [-0.15, -0.1) is 0 Å². The number of carbonyl (C=O) groups excluding carboxylic acids is 2. The van der Waals surface area contributed by atoms with Crippen LogP contribution in [0, 0.1) is 11.7 Å². The van der Waals surface area contributed by atoms with Crippen LogP contribution >= 0.6 is 0 Å². The molecular formula is C25H24FN7O2. The molecule has 0 aliphatic carbocycles. The van der Waals surface area contributed by atoms with Crippen molar-refractivity contribution in [1.82, 2.24) is 25.1 Å². The predicted octanol–water partition coefficient (Wildman–Crippen LogP) is 2.75. The molecule has 1 atom stereocenters. The first-order valence-corrected chi connectivity index (χ1v) is 11.4. The van der Waals surface area contributed by atoms with E-state index in [0.29, 0.717) is 37.6 Å². The molecule has 5 rings (SSSR count). The fraction of sp³-hybridized carbons (Fsp3) is 0.240. The zero-order valence-electron chi connectivity index (χ0n) is 18.9. The first-order chi connectivity index (χ1) is 17.1. The first kappa shape index (κ1) is 22.5. The number of anilines is 2. The fourth-order valence-corrected chi connectivity index (χ4v) is 4.16. The van der Waals surface area contributed by atoms with Gasteiger partial charge in [0.1, 0.15) is 18.0 Å². The normalized spacial score (nSPS) is 15.5. The molecule has 2 N–H and O–H groups in total. The van der Waals surface area contributed by atoms with Crippen molar-refractivity contribution in [1.29, 1.82) is 0 Å². The molecular weight excluding hydrogens is 449 g/mol. The van der Waals surface area contributed by atoms with Gasteiger partial charge < -0.3 is 15.5 Å². The summed E-state index contributed by atoms with van der Waals surface area (Å²) in [6, 6.07) is 15.6. The highest BCUT2D eigenvalue weighted by Gasteiger charge is 2.34. The van der Waals surface area contributed by atoms with Gasteiger partial charge in [0, 0.05) is 31.7 Å². The lowest BCUT2D eigenvalue weighted by molar-refractivity contribution is -0.126. The van der Waals surface area contributed by atoms with Crippen LogP contribution < -0.4 is 15.5 Å². The smallest absolute Gasteiger partial charge is 0.227 e. The van der Waals surface area contributed by atoms with Gasteiger partial charge in [-0.1, -0.05) is 30.3 Å². The van der Waals surface area contributed by atoms with Crippen molar-refractivity contribution in [2.45, 2.75) is 19.5 Å². The lowest BCUT2D eigenvalue weighted by atomic mass is 10.1. The van der Waals surface area contributed by atoms with Gasteiger partial charge in [0.2, 0.25) is 11.8 Å². The molecule has 2 aromatic heterocycles. The Labute approximate surface area is 201 Å². The number of rotatable bonds is 8. The van der Waals surface area contributed by atoms with Gasteiger partial charge >= 0.3 is 0 Å². The van der Waals surface area contributed by atoms with E-state index >= 15 is 0 Å². The molecule has 1 aliphatic rings. The van der Waals surface area contributed by atoms with E-state index in [9.17, 15) is 14.0 Å². The van der Waals surface area contributed by atoms with E-state index in [1.807, 2.05) is 30.3 Å². The van der Waals surface area contributed by atoms with Crippen LogP contribution in [-0.2, 0) is 22.7 Å². The summed E-state index contributed by atoms with van der Waals surface area (Å²) in [6.07, 6.45) is 3.33. The second kappa shape index (κ2) is 9.88. The topological polar surface area (TPSA) is 105 Å². The standard InChI is InChI=1S/C25H24FN7O2/c26-19-8-6-17(7-9-19)13-28-23-21-14-31-33(24(21)30-16-29-23)11-10-27-25(35)18-12-22(34)32(15-18)20-4-2-1-3-5-20/h1-9,14,16,18H,10-13,15H2,(H,27,35)(H,28,29,30). The third-order valence-corrected chi connectivity index (χ3v) is 5.99. The average molecular weight is 474 g/mol. The molecule has 10 heteroatoms. The molecule has 0 spiro atoms. The number of amides is 2. The van der Waals surface area contributed by atoms with E-state index in [1.165, 1.54) is 18.5 Å². The minimum atomic E-state index is -0.387. The molecule has 0 saturated carbocycles. The highest BCUT2D eigenvalue weighted by atomic mass is 19.1. The number of fused-ring (bicyclic) bond motifs is 1. The molecule has 1 unspecified atom stereocenters. The molecule has 1 aliphatic heterocycles. The van der Waals surface area contributed by atoms with Gasteiger partial charge in [-0.25, -0.2) is 19.0 Å². The van der Waals surface area contributed by atoms with Crippen LogP contribution in [0.25, 0.3) is 11.0 Å². The highest BCUT2D eigenvalue weighted by Crippen LogP contribution is 2.25. The number of aromatic nitrogens is 4. The van der Waals surface area contributed by atoms with Crippen molar-refractivity contribution < 1.29 is 14.0 Å². The number of nitrogens with zero attached hydrogens (tertiary/aromatic N) is 5. The number of carbonyl (C=O) groups is 2. The number of hydrogen-bond acceptors (Lipinski definition) is 6. The number of benzene rings is 2. The molecule has 3 heterocycles. The number of nitrogens with one attached hydrogen (secondary N) is 2. The van der Waals surface area contributed by atoms with Crippen LogP contribution in [0.5, 0.6) is 0 Å². The van der Waals surface area contributed by atoms with Crippen molar-refractivity contribution in [2.24, 2.45) is 5.92 Å². The zero-order valence-corrected chi connectivity index (χ0v) is 18.9. The minimum absolute atomic E-state index is 0.0493. The Bertz CT molecular complexity index is 1340. The van der Waals surface area contributed by atoms with Crippen molar-refractivity contribution in [3.8, 4) is 0 Å². The van der Waals surface area contributed by atoms with Gasteiger partial charge in [0.25, 0.3) is 0 Å². The van der Waals surface area contributed by atoms with E-state index in [0.717, 1.165) is 16.6 Å². The minimum Gasteiger partial charge on any atom is -0.365 e. The Morgan fingerprint density at radius 1 is 1.09 bits per heavy atom. The lowest BCUT2D eigenvalue weighted by Gasteiger charge is -2.16. The van der Waals surface area contributed by atoms with E-state index in [-0.39, 0.29) is 30.0 Å². The molecule has 1 fully saturated rings. The number of halogens is 1. The SMILES string of the molecule is O=C(NCCn1ncc2c(NCc3ccc(F)cc3)ncnc21)C1CC(=O)N(c2ccccc2)C1. The summed E-state index contributed by atoms with van der Waals surface area (Å²) in [6.45, 7) is 1.63. The quantitative estimate of drug-likeness (QED) is 0.408. The van der Waals surface area contributed by atoms with Crippen LogP contribution in [0.2, 0.25) is 0 Å². The molecule has 9 nitrogen and oxygen atoms in total. The van der Waals surface area contributed by atoms with E-state index in [4.69, 9.17) is 0 Å². The van der Waals surface area contributed by atoms with Gasteiger partial charge in [-0.2, -0.15) is 5.10 Å². The number of para-hydroxylation sites is 1. The molecule has 2 aromatic carbocycles. The van der Waals surface area contributed by atoms with Gasteiger partial charge in [0.15, 0.2) is 5.65 Å². The average Bonchev–Trinajstić information content (AvgIpc) is 3.48. The summed E-state index contributed by atoms with van der Waals surface area (Å²) in [7, 11) is 0. The van der Waals surface area contributed by atoms with E-state index in [1.54, 1.807) is 27.9 Å². The Kier molecular flexibility index (Phi) is 6.34. The Hall–Kier alpha value is -4.34. The molecule has 4 aromatic rings. The predicted molar refractivity (Wildman–Crippen MR) is 129 cm³/mol. The largest absolute Gasteiger partial charge is 0.365 e. The Morgan fingerprint density at radius 2 is 1.89 bits per heavy atom. The summed E-state index contributed by atoms with van der Waals surface area (Å²) < 4.78 is 14.8. The van der Waals surface area contributed by atoms with Crippen LogP contribution in [-0.4, -0.2) is 44.7 Å². The molecule has 0 radical (unpaired) electrons. The molecule has 0 bridgehead atoms. The monoisotopic (exact) mass is 473 g/mol. The molecule has 1 saturated heterocycles. The van der Waals surface area contributed by atoms with E-state index < -0.39 is 0 Å². The third-order valence-electron chi connectivity index (χ3n) is 5.99. The summed E-state index contributed by atoms with van der Waals surface area (Å²) in [4.78, 5) is 35.3. The van der Waals surface area contributed by atoms with Gasteiger partial charge in [-0.3, -0.25) is 9.59 Å². The maximum atomic E-state index is 13.1. The molecule has 35 heavy (non-hydrogen) atoms. The second-order valence-corrected chi connectivity index (χ2v) is 8.34.